The van der Waals surface area contributed by atoms with Crippen molar-refractivity contribution >= 4 is 50.3 Å². The Bertz CT molecular complexity index is 973. The number of sulfonamides is 1. The zero-order chi connectivity index (χ0) is 20.3. The standard InChI is InChI=1S/C17H17ClN4O4S2/c18-13-1-7-16(8-2-13)28(25,26)21-11-9-20(10-12-21)17(27)19-14-3-5-15(6-4-14)22(23)24/h1-8H,9-12H2,(H,19,27). The Hall–Kier alpha value is -2.27. The Morgan fingerprint density at radius 3 is 2.14 bits per heavy atom. The minimum Gasteiger partial charge on any atom is -0.346 e. The van der Waals surface area contributed by atoms with Gasteiger partial charge in [-0.1, -0.05) is 11.6 Å². The molecule has 3 rings (SSSR count). The minimum atomic E-state index is -3.58. The van der Waals surface area contributed by atoms with Gasteiger partial charge in [-0.05, 0) is 48.6 Å². The molecule has 1 saturated heterocycles. The number of benzene rings is 2. The van der Waals surface area contributed by atoms with Crippen LogP contribution in [-0.4, -0.2) is 53.8 Å². The van der Waals surface area contributed by atoms with E-state index in [-0.39, 0.29) is 10.6 Å². The molecule has 2 aromatic rings. The number of nitrogens with one attached hydrogen (secondary N) is 1. The van der Waals surface area contributed by atoms with Crippen molar-refractivity contribution in [1.82, 2.24) is 9.21 Å². The summed E-state index contributed by atoms with van der Waals surface area (Å²) in [5.41, 5.74) is 0.629. The Kier molecular flexibility index (Phi) is 6.14. The number of nitro benzene ring substituents is 1. The van der Waals surface area contributed by atoms with E-state index in [1.54, 1.807) is 24.3 Å². The predicted octanol–water partition coefficient (Wildman–Crippen LogP) is 2.95. The fourth-order valence-electron chi connectivity index (χ4n) is 2.76. The van der Waals surface area contributed by atoms with Crippen LogP contribution in [0.3, 0.4) is 0 Å². The lowest BCUT2D eigenvalue weighted by Crippen LogP contribution is -2.51. The number of hydrogen-bond donors (Lipinski definition) is 1. The van der Waals surface area contributed by atoms with E-state index in [0.717, 1.165) is 0 Å². The van der Waals surface area contributed by atoms with Gasteiger partial charge in [0.15, 0.2) is 5.11 Å². The van der Waals surface area contributed by atoms with E-state index in [1.807, 2.05) is 4.90 Å². The van der Waals surface area contributed by atoms with E-state index in [2.05, 4.69) is 5.32 Å². The Morgan fingerprint density at radius 2 is 1.61 bits per heavy atom. The number of anilines is 1. The van der Waals surface area contributed by atoms with Crippen molar-refractivity contribution in [1.29, 1.82) is 0 Å². The van der Waals surface area contributed by atoms with Crippen molar-refractivity contribution in [3.05, 3.63) is 63.7 Å². The maximum absolute atomic E-state index is 12.7. The lowest BCUT2D eigenvalue weighted by molar-refractivity contribution is -0.384. The van der Waals surface area contributed by atoms with Gasteiger partial charge in [-0.2, -0.15) is 4.31 Å². The average Bonchev–Trinajstić information content (AvgIpc) is 2.69. The van der Waals surface area contributed by atoms with Crippen LogP contribution in [0.1, 0.15) is 0 Å². The molecule has 0 aromatic heterocycles. The molecule has 1 heterocycles. The maximum atomic E-state index is 12.7. The molecule has 0 amide bonds. The van der Waals surface area contributed by atoms with Crippen LogP contribution >= 0.6 is 23.8 Å². The molecule has 28 heavy (non-hydrogen) atoms. The molecule has 11 heteroatoms. The Labute approximate surface area is 172 Å². The Morgan fingerprint density at radius 1 is 1.04 bits per heavy atom. The van der Waals surface area contributed by atoms with Gasteiger partial charge in [-0.25, -0.2) is 8.42 Å². The fourth-order valence-corrected chi connectivity index (χ4v) is 4.60. The summed E-state index contributed by atoms with van der Waals surface area (Å²) < 4.78 is 26.8. The van der Waals surface area contributed by atoms with Crippen LogP contribution in [0.25, 0.3) is 0 Å². The first-order valence-electron chi connectivity index (χ1n) is 8.33. The molecule has 0 unspecified atom stereocenters. The zero-order valence-corrected chi connectivity index (χ0v) is 17.0. The van der Waals surface area contributed by atoms with Crippen molar-refractivity contribution in [3.63, 3.8) is 0 Å². The number of halogens is 1. The highest BCUT2D eigenvalue weighted by atomic mass is 35.5. The van der Waals surface area contributed by atoms with E-state index in [1.165, 1.54) is 28.6 Å². The van der Waals surface area contributed by atoms with E-state index in [4.69, 9.17) is 23.8 Å². The van der Waals surface area contributed by atoms with E-state index in [9.17, 15) is 18.5 Å². The average molecular weight is 441 g/mol. The minimum absolute atomic E-state index is 0.00233. The summed E-state index contributed by atoms with van der Waals surface area (Å²) in [5, 5.41) is 14.6. The van der Waals surface area contributed by atoms with Crippen molar-refractivity contribution < 1.29 is 13.3 Å². The van der Waals surface area contributed by atoms with Crippen LogP contribution in [0.5, 0.6) is 0 Å². The predicted molar refractivity (Wildman–Crippen MR) is 111 cm³/mol. The first-order valence-corrected chi connectivity index (χ1v) is 10.6. The quantitative estimate of drug-likeness (QED) is 0.443. The fraction of sp³-hybridized carbons (Fsp3) is 0.235. The molecule has 0 atom stereocenters. The van der Waals surface area contributed by atoms with E-state index >= 15 is 0 Å². The molecule has 8 nitrogen and oxygen atoms in total. The third kappa shape index (κ3) is 4.58. The summed E-state index contributed by atoms with van der Waals surface area (Å²) in [6.45, 7) is 1.47. The molecule has 148 valence electrons. The van der Waals surface area contributed by atoms with Crippen LogP contribution in [0.15, 0.2) is 53.4 Å². The number of piperazine rings is 1. The highest BCUT2D eigenvalue weighted by Crippen LogP contribution is 2.21. The third-order valence-corrected chi connectivity index (χ3v) is 6.83. The number of non-ortho nitro benzene ring substituents is 1. The van der Waals surface area contributed by atoms with Gasteiger partial charge < -0.3 is 10.2 Å². The van der Waals surface area contributed by atoms with Crippen LogP contribution in [-0.2, 0) is 10.0 Å². The third-order valence-electron chi connectivity index (χ3n) is 4.31. The van der Waals surface area contributed by atoms with Crippen LogP contribution < -0.4 is 5.32 Å². The first kappa shape index (κ1) is 20.5. The van der Waals surface area contributed by atoms with Gasteiger partial charge in [0.25, 0.3) is 5.69 Å². The monoisotopic (exact) mass is 440 g/mol. The summed E-state index contributed by atoms with van der Waals surface area (Å²) in [4.78, 5) is 12.3. The van der Waals surface area contributed by atoms with E-state index in [0.29, 0.717) is 42.0 Å². The molecule has 0 spiro atoms. The van der Waals surface area contributed by atoms with Crippen molar-refractivity contribution in [3.8, 4) is 0 Å². The van der Waals surface area contributed by atoms with Gasteiger partial charge in [0.05, 0.1) is 9.82 Å². The second-order valence-electron chi connectivity index (χ2n) is 6.08. The summed E-state index contributed by atoms with van der Waals surface area (Å²) in [6.07, 6.45) is 0. The van der Waals surface area contributed by atoms with Gasteiger partial charge in [0.1, 0.15) is 0 Å². The molecule has 1 aliphatic rings. The number of nitro groups is 1. The number of hydrogen-bond acceptors (Lipinski definition) is 5. The van der Waals surface area contributed by atoms with Crippen LogP contribution in [0.4, 0.5) is 11.4 Å². The largest absolute Gasteiger partial charge is 0.346 e. The second-order valence-corrected chi connectivity index (χ2v) is 8.84. The molecule has 0 aliphatic carbocycles. The smallest absolute Gasteiger partial charge is 0.269 e. The second kappa shape index (κ2) is 8.39. The van der Waals surface area contributed by atoms with Gasteiger partial charge in [-0.15, -0.1) is 0 Å². The lowest BCUT2D eigenvalue weighted by atomic mass is 10.3. The maximum Gasteiger partial charge on any atom is 0.269 e. The lowest BCUT2D eigenvalue weighted by Gasteiger charge is -2.35. The summed E-state index contributed by atoms with van der Waals surface area (Å²) in [5.74, 6) is 0. The molecule has 1 aliphatic heterocycles. The SMILES string of the molecule is O=[N+]([O-])c1ccc(NC(=S)N2CCN(S(=O)(=O)c3ccc(Cl)cc3)CC2)cc1. The molecule has 2 aromatic carbocycles. The zero-order valence-electron chi connectivity index (χ0n) is 14.6. The van der Waals surface area contributed by atoms with Gasteiger partial charge in [0, 0.05) is 49.0 Å². The molecule has 1 N–H and O–H groups in total. The molecule has 0 radical (unpaired) electrons. The van der Waals surface area contributed by atoms with Gasteiger partial charge in [0.2, 0.25) is 10.0 Å². The van der Waals surface area contributed by atoms with Gasteiger partial charge in [-0.3, -0.25) is 10.1 Å². The molecule has 1 fully saturated rings. The number of rotatable bonds is 4. The molecular formula is C17H17ClN4O4S2. The van der Waals surface area contributed by atoms with Crippen molar-refractivity contribution in [2.45, 2.75) is 4.90 Å². The van der Waals surface area contributed by atoms with E-state index < -0.39 is 14.9 Å². The van der Waals surface area contributed by atoms with Crippen molar-refractivity contribution in [2.75, 3.05) is 31.5 Å². The number of nitrogens with zero attached hydrogens (tertiary/aromatic N) is 3. The molecule has 0 saturated carbocycles. The van der Waals surface area contributed by atoms with Crippen molar-refractivity contribution in [2.24, 2.45) is 0 Å². The summed E-state index contributed by atoms with van der Waals surface area (Å²) in [7, 11) is -3.58. The summed E-state index contributed by atoms with van der Waals surface area (Å²) in [6, 6.07) is 12.0. The highest BCUT2D eigenvalue weighted by Gasteiger charge is 2.29. The first-order chi connectivity index (χ1) is 13.3. The Balaban J connectivity index is 1.59. The normalized spacial score (nSPS) is 15.2. The topological polar surface area (TPSA) is 95.8 Å². The summed E-state index contributed by atoms with van der Waals surface area (Å²) >= 11 is 11.2. The van der Waals surface area contributed by atoms with Gasteiger partial charge >= 0.3 is 0 Å². The number of thiocarbonyl (C=S) groups is 1. The van der Waals surface area contributed by atoms with Crippen LogP contribution in [0, 0.1) is 10.1 Å². The molecule has 0 bridgehead atoms. The van der Waals surface area contributed by atoms with Crippen LogP contribution in [0.2, 0.25) is 5.02 Å². The highest BCUT2D eigenvalue weighted by molar-refractivity contribution is 7.89. The molecular weight excluding hydrogens is 424 g/mol.